The third-order valence-electron chi connectivity index (χ3n) is 2.18. The molecule has 0 spiro atoms. The molecule has 0 saturated carbocycles. The molecule has 6 heteroatoms. The van der Waals surface area contributed by atoms with Gasteiger partial charge in [0.2, 0.25) is 11.2 Å². The van der Waals surface area contributed by atoms with Crippen molar-refractivity contribution in [2.45, 2.75) is 6.61 Å². The first-order valence-corrected chi connectivity index (χ1v) is 6.45. The lowest BCUT2D eigenvalue weighted by Gasteiger charge is -2.08. The molecule has 0 saturated heterocycles. The number of benzene rings is 1. The first kappa shape index (κ1) is 13.1. The molecule has 0 aliphatic rings. The molecule has 90 valence electrons. The van der Waals surface area contributed by atoms with Crippen molar-refractivity contribution in [3.8, 4) is 11.9 Å². The van der Waals surface area contributed by atoms with E-state index in [4.69, 9.17) is 21.6 Å². The number of nitriles is 1. The highest BCUT2D eigenvalue weighted by Gasteiger charge is 2.07. The molecular formula is C12H7ClIN3O. The minimum absolute atomic E-state index is 0.138. The average Bonchev–Trinajstić information content (AvgIpc) is 2.40. The Bertz CT molecular complexity index is 613. The third-order valence-corrected chi connectivity index (χ3v) is 3.11. The SMILES string of the molecule is N#Cc1ccccc1COc1nc(Cl)ncc1I. The Morgan fingerprint density at radius 1 is 1.39 bits per heavy atom. The minimum Gasteiger partial charge on any atom is -0.472 e. The van der Waals surface area contributed by atoms with Crippen molar-refractivity contribution in [2.75, 3.05) is 0 Å². The molecule has 1 aromatic carbocycles. The van der Waals surface area contributed by atoms with Gasteiger partial charge in [0.25, 0.3) is 0 Å². The Kier molecular flexibility index (Phi) is 4.33. The van der Waals surface area contributed by atoms with E-state index in [1.165, 1.54) is 0 Å². The van der Waals surface area contributed by atoms with Crippen LogP contribution in [0.2, 0.25) is 5.28 Å². The van der Waals surface area contributed by atoms with Crippen molar-refractivity contribution in [1.29, 1.82) is 5.26 Å². The molecule has 0 fully saturated rings. The van der Waals surface area contributed by atoms with Crippen LogP contribution in [0, 0.1) is 14.9 Å². The summed E-state index contributed by atoms with van der Waals surface area (Å²) >= 11 is 7.76. The van der Waals surface area contributed by atoms with Crippen molar-refractivity contribution in [3.05, 3.63) is 50.4 Å². The largest absolute Gasteiger partial charge is 0.472 e. The normalized spacial score (nSPS) is 9.83. The highest BCUT2D eigenvalue weighted by molar-refractivity contribution is 14.1. The molecule has 0 N–H and O–H groups in total. The molecule has 0 aliphatic carbocycles. The molecule has 0 radical (unpaired) electrons. The van der Waals surface area contributed by atoms with Gasteiger partial charge in [-0.1, -0.05) is 18.2 Å². The van der Waals surface area contributed by atoms with E-state index < -0.39 is 0 Å². The van der Waals surface area contributed by atoms with Crippen molar-refractivity contribution < 1.29 is 4.74 Å². The number of nitrogens with zero attached hydrogens (tertiary/aromatic N) is 3. The molecule has 18 heavy (non-hydrogen) atoms. The summed E-state index contributed by atoms with van der Waals surface area (Å²) in [5, 5.41) is 9.10. The van der Waals surface area contributed by atoms with Crippen LogP contribution in [-0.4, -0.2) is 9.97 Å². The number of ether oxygens (including phenoxy) is 1. The summed E-state index contributed by atoms with van der Waals surface area (Å²) in [6, 6.07) is 9.38. The van der Waals surface area contributed by atoms with Crippen LogP contribution in [-0.2, 0) is 6.61 Å². The van der Waals surface area contributed by atoms with E-state index in [-0.39, 0.29) is 11.9 Å². The minimum atomic E-state index is 0.138. The van der Waals surface area contributed by atoms with E-state index >= 15 is 0 Å². The predicted molar refractivity (Wildman–Crippen MR) is 75.2 cm³/mol. The molecular weight excluding hydrogens is 365 g/mol. The number of hydrogen-bond donors (Lipinski definition) is 0. The van der Waals surface area contributed by atoms with Gasteiger partial charge >= 0.3 is 0 Å². The van der Waals surface area contributed by atoms with Crippen LogP contribution in [0.25, 0.3) is 0 Å². The Hall–Kier alpha value is -1.39. The standard InChI is InChI=1S/C12H7ClIN3O/c13-12-16-6-10(14)11(17-12)18-7-9-4-2-1-3-8(9)5-15/h1-4,6H,7H2. The second kappa shape index (κ2) is 5.98. The highest BCUT2D eigenvalue weighted by atomic mass is 127. The lowest BCUT2D eigenvalue weighted by Crippen LogP contribution is -2.01. The molecule has 1 heterocycles. The molecule has 1 aromatic heterocycles. The van der Waals surface area contributed by atoms with Crippen LogP contribution >= 0.6 is 34.2 Å². The van der Waals surface area contributed by atoms with Gasteiger partial charge in [-0.3, -0.25) is 0 Å². The van der Waals surface area contributed by atoms with Gasteiger partial charge in [0.1, 0.15) is 6.61 Å². The maximum absolute atomic E-state index is 8.96. The van der Waals surface area contributed by atoms with Gasteiger partial charge in [-0.2, -0.15) is 10.2 Å². The van der Waals surface area contributed by atoms with E-state index in [0.717, 1.165) is 9.13 Å². The molecule has 4 nitrogen and oxygen atoms in total. The maximum Gasteiger partial charge on any atom is 0.231 e. The monoisotopic (exact) mass is 371 g/mol. The Morgan fingerprint density at radius 2 is 2.17 bits per heavy atom. The summed E-state index contributed by atoms with van der Waals surface area (Å²) in [4.78, 5) is 7.83. The van der Waals surface area contributed by atoms with Crippen LogP contribution in [0.3, 0.4) is 0 Å². The Balaban J connectivity index is 2.17. The van der Waals surface area contributed by atoms with E-state index in [1.807, 2.05) is 18.2 Å². The fraction of sp³-hybridized carbons (Fsp3) is 0.0833. The number of rotatable bonds is 3. The maximum atomic E-state index is 8.96. The van der Waals surface area contributed by atoms with Crippen molar-refractivity contribution >= 4 is 34.2 Å². The summed E-state index contributed by atoms with van der Waals surface area (Å²) in [6.07, 6.45) is 1.58. The van der Waals surface area contributed by atoms with Gasteiger partial charge in [-0.25, -0.2) is 4.98 Å². The van der Waals surface area contributed by atoms with E-state index in [9.17, 15) is 0 Å². The topological polar surface area (TPSA) is 58.8 Å². The molecule has 2 aromatic rings. The zero-order chi connectivity index (χ0) is 13.0. The quantitative estimate of drug-likeness (QED) is 0.614. The lowest BCUT2D eigenvalue weighted by atomic mass is 10.1. The molecule has 0 bridgehead atoms. The molecule has 0 aliphatic heterocycles. The summed E-state index contributed by atoms with van der Waals surface area (Å²) in [5.74, 6) is 0.420. The molecule has 0 unspecified atom stereocenters. The fourth-order valence-corrected chi connectivity index (χ4v) is 1.87. The first-order chi connectivity index (χ1) is 8.70. The van der Waals surface area contributed by atoms with Crippen LogP contribution < -0.4 is 4.74 Å². The van der Waals surface area contributed by atoms with Crippen molar-refractivity contribution in [1.82, 2.24) is 9.97 Å². The number of hydrogen-bond acceptors (Lipinski definition) is 4. The highest BCUT2D eigenvalue weighted by Crippen LogP contribution is 2.20. The summed E-state index contributed by atoms with van der Waals surface area (Å²) < 4.78 is 6.32. The zero-order valence-electron chi connectivity index (χ0n) is 9.10. The van der Waals surface area contributed by atoms with E-state index in [0.29, 0.717) is 11.4 Å². The van der Waals surface area contributed by atoms with Crippen LogP contribution in [0.1, 0.15) is 11.1 Å². The summed E-state index contributed by atoms with van der Waals surface area (Å²) in [5.41, 5.74) is 1.40. The van der Waals surface area contributed by atoms with Crippen LogP contribution in [0.15, 0.2) is 30.5 Å². The van der Waals surface area contributed by atoms with Gasteiger partial charge in [-0.05, 0) is 40.3 Å². The van der Waals surface area contributed by atoms with Crippen molar-refractivity contribution in [3.63, 3.8) is 0 Å². The smallest absolute Gasteiger partial charge is 0.231 e. The molecule has 0 amide bonds. The van der Waals surface area contributed by atoms with Crippen LogP contribution in [0.5, 0.6) is 5.88 Å². The molecule has 2 rings (SSSR count). The number of aromatic nitrogens is 2. The summed E-state index contributed by atoms with van der Waals surface area (Å²) in [6.45, 7) is 0.271. The van der Waals surface area contributed by atoms with Gasteiger partial charge in [0, 0.05) is 11.8 Å². The average molecular weight is 372 g/mol. The number of halogens is 2. The van der Waals surface area contributed by atoms with Gasteiger partial charge in [-0.15, -0.1) is 0 Å². The second-order valence-corrected chi connectivity index (χ2v) is 4.85. The third kappa shape index (κ3) is 3.09. The van der Waals surface area contributed by atoms with Gasteiger partial charge < -0.3 is 4.74 Å². The van der Waals surface area contributed by atoms with Crippen LogP contribution in [0.4, 0.5) is 0 Å². The zero-order valence-corrected chi connectivity index (χ0v) is 12.0. The molecule has 0 atom stereocenters. The Labute approximate surface area is 123 Å². The Morgan fingerprint density at radius 3 is 2.94 bits per heavy atom. The summed E-state index contributed by atoms with van der Waals surface area (Å²) in [7, 11) is 0. The second-order valence-electron chi connectivity index (χ2n) is 3.35. The van der Waals surface area contributed by atoms with E-state index in [2.05, 4.69) is 38.6 Å². The van der Waals surface area contributed by atoms with E-state index in [1.54, 1.807) is 12.3 Å². The first-order valence-electron chi connectivity index (χ1n) is 4.99. The van der Waals surface area contributed by atoms with Gasteiger partial charge in [0.05, 0.1) is 15.2 Å². The van der Waals surface area contributed by atoms with Crippen molar-refractivity contribution in [2.24, 2.45) is 0 Å². The van der Waals surface area contributed by atoms with Gasteiger partial charge in [0.15, 0.2) is 0 Å². The fourth-order valence-electron chi connectivity index (χ4n) is 1.33. The lowest BCUT2D eigenvalue weighted by molar-refractivity contribution is 0.290. The predicted octanol–water partition coefficient (Wildman–Crippen LogP) is 3.19.